The van der Waals surface area contributed by atoms with E-state index in [2.05, 4.69) is 10.6 Å². The molecule has 0 saturated heterocycles. The lowest BCUT2D eigenvalue weighted by Gasteiger charge is -2.20. The molecule has 0 heterocycles. The van der Waals surface area contributed by atoms with E-state index >= 15 is 0 Å². The summed E-state index contributed by atoms with van der Waals surface area (Å²) in [6.45, 7) is 0. The summed E-state index contributed by atoms with van der Waals surface area (Å²) in [5.74, 6) is 2.02. The van der Waals surface area contributed by atoms with Gasteiger partial charge in [-0.05, 0) is 42.7 Å². The fourth-order valence-corrected chi connectivity index (χ4v) is 2.83. The Kier molecular flexibility index (Phi) is 4.70. The number of ether oxygens (including phenoxy) is 3. The number of hydrogen-bond donors (Lipinski definition) is 2. The Bertz CT molecular complexity index is 772. The molecule has 1 aliphatic carbocycles. The Morgan fingerprint density at radius 2 is 1.72 bits per heavy atom. The van der Waals surface area contributed by atoms with Gasteiger partial charge in [0.15, 0.2) is 11.5 Å². The van der Waals surface area contributed by atoms with E-state index in [1.54, 1.807) is 27.4 Å². The van der Waals surface area contributed by atoms with Crippen LogP contribution in [0, 0.1) is 0 Å². The number of hydrogen-bond acceptors (Lipinski definition) is 4. The van der Waals surface area contributed by atoms with Crippen molar-refractivity contribution in [3.8, 4) is 17.2 Å². The topological polar surface area (TPSA) is 68.8 Å². The van der Waals surface area contributed by atoms with Crippen LogP contribution in [0.3, 0.4) is 0 Å². The molecule has 0 unspecified atom stereocenters. The van der Waals surface area contributed by atoms with Crippen LogP contribution in [0.2, 0.25) is 0 Å². The van der Waals surface area contributed by atoms with Gasteiger partial charge in [0.25, 0.3) is 0 Å². The van der Waals surface area contributed by atoms with Gasteiger partial charge in [-0.15, -0.1) is 0 Å². The summed E-state index contributed by atoms with van der Waals surface area (Å²) in [5.41, 5.74) is 1.33. The smallest absolute Gasteiger partial charge is 0.319 e. The third-order valence-electron chi connectivity index (χ3n) is 4.37. The van der Waals surface area contributed by atoms with Crippen molar-refractivity contribution < 1.29 is 19.0 Å². The predicted octanol–water partition coefficient (Wildman–Crippen LogP) is 3.52. The zero-order valence-electron chi connectivity index (χ0n) is 14.6. The number of urea groups is 1. The summed E-state index contributed by atoms with van der Waals surface area (Å²) in [6, 6.07) is 12.7. The van der Waals surface area contributed by atoms with E-state index in [4.69, 9.17) is 14.2 Å². The molecule has 0 bridgehead atoms. The van der Waals surface area contributed by atoms with Crippen molar-refractivity contribution in [2.75, 3.05) is 26.6 Å². The van der Waals surface area contributed by atoms with Crippen LogP contribution >= 0.6 is 0 Å². The maximum atomic E-state index is 12.4. The fourth-order valence-electron chi connectivity index (χ4n) is 2.83. The zero-order valence-corrected chi connectivity index (χ0v) is 14.6. The van der Waals surface area contributed by atoms with Crippen LogP contribution < -0.4 is 24.8 Å². The fraction of sp³-hybridized carbons (Fsp3) is 0.316. The number of carbonyl (C=O) groups excluding carboxylic acids is 1. The maximum absolute atomic E-state index is 12.4. The van der Waals surface area contributed by atoms with Crippen LogP contribution in [0.4, 0.5) is 10.5 Å². The summed E-state index contributed by atoms with van der Waals surface area (Å²) in [4.78, 5) is 12.4. The average Bonchev–Trinajstić information content (AvgIpc) is 3.41. The number of amides is 2. The molecule has 25 heavy (non-hydrogen) atoms. The summed E-state index contributed by atoms with van der Waals surface area (Å²) in [6.07, 6.45) is 1.77. The minimum atomic E-state index is -0.359. The number of rotatable bonds is 6. The van der Waals surface area contributed by atoms with Gasteiger partial charge in [0.2, 0.25) is 0 Å². The van der Waals surface area contributed by atoms with E-state index in [1.165, 1.54) is 0 Å². The van der Waals surface area contributed by atoms with E-state index in [9.17, 15) is 4.79 Å². The van der Waals surface area contributed by atoms with Crippen LogP contribution in [-0.2, 0) is 5.54 Å². The molecular weight excluding hydrogens is 320 g/mol. The van der Waals surface area contributed by atoms with Gasteiger partial charge < -0.3 is 24.8 Å². The third kappa shape index (κ3) is 3.63. The molecule has 0 spiro atoms. The lowest BCUT2D eigenvalue weighted by Crippen LogP contribution is -2.38. The van der Waals surface area contributed by atoms with Gasteiger partial charge in [-0.25, -0.2) is 4.79 Å². The minimum Gasteiger partial charge on any atom is -0.497 e. The number of benzene rings is 2. The molecule has 132 valence electrons. The number of nitrogens with one attached hydrogen (secondary N) is 2. The van der Waals surface area contributed by atoms with Gasteiger partial charge in [0.1, 0.15) is 5.75 Å². The van der Waals surface area contributed by atoms with E-state index in [0.29, 0.717) is 22.9 Å². The molecule has 0 aromatic heterocycles. The molecule has 6 heteroatoms. The van der Waals surface area contributed by atoms with Gasteiger partial charge in [-0.1, -0.05) is 12.1 Å². The van der Waals surface area contributed by atoms with Crippen molar-refractivity contribution in [2.45, 2.75) is 18.4 Å². The first kappa shape index (κ1) is 17.0. The van der Waals surface area contributed by atoms with Crippen molar-refractivity contribution in [1.29, 1.82) is 0 Å². The molecule has 6 nitrogen and oxygen atoms in total. The molecule has 2 N–H and O–H groups in total. The Labute approximate surface area is 147 Å². The Morgan fingerprint density at radius 1 is 0.960 bits per heavy atom. The first-order valence-electron chi connectivity index (χ1n) is 8.06. The van der Waals surface area contributed by atoms with Crippen molar-refractivity contribution in [3.05, 3.63) is 48.0 Å². The molecule has 0 atom stereocenters. The Morgan fingerprint density at radius 3 is 2.36 bits per heavy atom. The largest absolute Gasteiger partial charge is 0.497 e. The normalized spacial score (nSPS) is 14.4. The van der Waals surface area contributed by atoms with Crippen molar-refractivity contribution >= 4 is 11.7 Å². The highest BCUT2D eigenvalue weighted by Crippen LogP contribution is 2.47. The SMILES string of the molecule is COc1cccc(NC(=O)NC2(c3ccc(OC)c(OC)c3)CC2)c1. The van der Waals surface area contributed by atoms with Gasteiger partial charge >= 0.3 is 6.03 Å². The summed E-state index contributed by atoms with van der Waals surface area (Å²) in [5, 5.41) is 5.92. The Balaban J connectivity index is 1.72. The van der Waals surface area contributed by atoms with Gasteiger partial charge in [-0.2, -0.15) is 0 Å². The summed E-state index contributed by atoms with van der Waals surface area (Å²) in [7, 11) is 4.80. The van der Waals surface area contributed by atoms with E-state index in [1.807, 2.05) is 36.4 Å². The lowest BCUT2D eigenvalue weighted by atomic mass is 10.0. The standard InChI is InChI=1S/C19H22N2O4/c1-23-15-6-4-5-14(12-15)20-18(22)21-19(9-10-19)13-7-8-16(24-2)17(11-13)25-3/h4-8,11-12H,9-10H2,1-3H3,(H2,20,21,22). The Hall–Kier alpha value is -2.89. The molecule has 1 aliphatic rings. The number of anilines is 1. The quantitative estimate of drug-likeness (QED) is 0.843. The molecular formula is C19H22N2O4. The summed E-state index contributed by atoms with van der Waals surface area (Å²) < 4.78 is 15.8. The number of methoxy groups -OCH3 is 3. The highest BCUT2D eigenvalue weighted by Gasteiger charge is 2.46. The molecule has 1 fully saturated rings. The van der Waals surface area contributed by atoms with Crippen molar-refractivity contribution in [2.24, 2.45) is 0 Å². The molecule has 1 saturated carbocycles. The highest BCUT2D eigenvalue weighted by atomic mass is 16.5. The van der Waals surface area contributed by atoms with E-state index < -0.39 is 0 Å². The zero-order chi connectivity index (χ0) is 17.9. The second kappa shape index (κ2) is 6.93. The predicted molar refractivity (Wildman–Crippen MR) is 95.6 cm³/mol. The van der Waals surface area contributed by atoms with Crippen LogP contribution in [0.15, 0.2) is 42.5 Å². The van der Waals surface area contributed by atoms with Crippen LogP contribution in [0.1, 0.15) is 18.4 Å². The molecule has 0 aliphatic heterocycles. The molecule has 3 rings (SSSR count). The van der Waals surface area contributed by atoms with Crippen molar-refractivity contribution in [1.82, 2.24) is 5.32 Å². The number of carbonyl (C=O) groups is 1. The van der Waals surface area contributed by atoms with Gasteiger partial charge in [0.05, 0.1) is 26.9 Å². The molecule has 2 aromatic carbocycles. The van der Waals surface area contributed by atoms with Crippen LogP contribution in [-0.4, -0.2) is 27.4 Å². The molecule has 2 aromatic rings. The first-order valence-corrected chi connectivity index (χ1v) is 8.06. The van der Waals surface area contributed by atoms with E-state index in [0.717, 1.165) is 18.4 Å². The third-order valence-corrected chi connectivity index (χ3v) is 4.37. The van der Waals surface area contributed by atoms with Gasteiger partial charge in [0, 0.05) is 11.8 Å². The summed E-state index contributed by atoms with van der Waals surface area (Å²) >= 11 is 0. The first-order chi connectivity index (χ1) is 12.1. The van der Waals surface area contributed by atoms with Crippen LogP contribution in [0.25, 0.3) is 0 Å². The highest BCUT2D eigenvalue weighted by molar-refractivity contribution is 5.90. The van der Waals surface area contributed by atoms with E-state index in [-0.39, 0.29) is 11.6 Å². The monoisotopic (exact) mass is 342 g/mol. The van der Waals surface area contributed by atoms with Crippen molar-refractivity contribution in [3.63, 3.8) is 0 Å². The molecule has 0 radical (unpaired) electrons. The van der Waals surface area contributed by atoms with Gasteiger partial charge in [-0.3, -0.25) is 0 Å². The van der Waals surface area contributed by atoms with Crippen LogP contribution in [0.5, 0.6) is 17.2 Å². The molecule has 2 amide bonds. The second-order valence-corrected chi connectivity index (χ2v) is 5.96. The lowest BCUT2D eigenvalue weighted by molar-refractivity contribution is 0.247. The maximum Gasteiger partial charge on any atom is 0.319 e. The second-order valence-electron chi connectivity index (χ2n) is 5.96. The average molecular weight is 342 g/mol. The minimum absolute atomic E-state index is 0.250.